The Hall–Kier alpha value is -3.88. The first kappa shape index (κ1) is 20.4. The topological polar surface area (TPSA) is 81.8 Å². The summed E-state index contributed by atoms with van der Waals surface area (Å²) in [6, 6.07) is 11.6. The number of halogens is 2. The molecule has 0 spiro atoms. The van der Waals surface area contributed by atoms with Gasteiger partial charge in [0, 0.05) is 19.5 Å². The minimum Gasteiger partial charge on any atom is -0.352 e. The van der Waals surface area contributed by atoms with Crippen LogP contribution < -0.4 is 10.9 Å². The van der Waals surface area contributed by atoms with Gasteiger partial charge in [0.15, 0.2) is 5.65 Å². The Morgan fingerprint density at radius 3 is 2.35 bits per heavy atom. The van der Waals surface area contributed by atoms with Gasteiger partial charge in [-0.1, -0.05) is 12.1 Å². The summed E-state index contributed by atoms with van der Waals surface area (Å²) in [6.45, 7) is 2.11. The highest BCUT2D eigenvalue weighted by Gasteiger charge is 2.15. The number of nitrogens with one attached hydrogen (secondary N) is 1. The number of hydrogen-bond acceptors (Lipinski definition) is 4. The quantitative estimate of drug-likeness (QED) is 0.517. The highest BCUT2D eigenvalue weighted by atomic mass is 19.1. The Morgan fingerprint density at radius 1 is 1.03 bits per heavy atom. The van der Waals surface area contributed by atoms with Gasteiger partial charge in [-0.05, 0) is 48.9 Å². The second-order valence-corrected chi connectivity index (χ2v) is 7.04. The van der Waals surface area contributed by atoms with Crippen molar-refractivity contribution in [2.45, 2.75) is 26.4 Å². The van der Waals surface area contributed by atoms with Crippen molar-refractivity contribution in [2.24, 2.45) is 0 Å². The van der Waals surface area contributed by atoms with Gasteiger partial charge in [-0.15, -0.1) is 0 Å². The SMILES string of the molecule is Cc1nc2c(cnn2-c2ccc(F)cc2)c(=O)n1CCC(=O)NCc1ccc(F)cc1. The van der Waals surface area contributed by atoms with Crippen LogP contribution in [0.1, 0.15) is 17.8 Å². The maximum atomic E-state index is 13.2. The summed E-state index contributed by atoms with van der Waals surface area (Å²) in [5.41, 5.74) is 1.42. The maximum Gasteiger partial charge on any atom is 0.264 e. The largest absolute Gasteiger partial charge is 0.352 e. The van der Waals surface area contributed by atoms with E-state index in [1.54, 1.807) is 31.2 Å². The van der Waals surface area contributed by atoms with Crippen molar-refractivity contribution in [3.63, 3.8) is 0 Å². The third-order valence-corrected chi connectivity index (χ3v) is 4.91. The predicted octanol–water partition coefficient (Wildman–Crippen LogP) is 2.88. The summed E-state index contributed by atoms with van der Waals surface area (Å²) in [5, 5.41) is 7.27. The number of nitrogens with zero attached hydrogens (tertiary/aromatic N) is 4. The van der Waals surface area contributed by atoms with Crippen molar-refractivity contribution in [3.8, 4) is 5.69 Å². The molecule has 0 aliphatic heterocycles. The highest BCUT2D eigenvalue weighted by molar-refractivity contribution is 5.76. The van der Waals surface area contributed by atoms with E-state index in [1.165, 1.54) is 39.7 Å². The van der Waals surface area contributed by atoms with Crippen molar-refractivity contribution >= 4 is 16.9 Å². The standard InChI is InChI=1S/C22H19F2N5O2/c1-14-27-21-19(13-26-29(21)18-8-6-17(24)7-9-18)22(31)28(14)11-10-20(30)25-12-15-2-4-16(23)5-3-15/h2-9,13H,10-12H2,1H3,(H,25,30). The summed E-state index contributed by atoms with van der Waals surface area (Å²) in [4.78, 5) is 29.6. The molecule has 0 aliphatic rings. The minimum absolute atomic E-state index is 0.0846. The lowest BCUT2D eigenvalue weighted by Gasteiger charge is -2.11. The zero-order valence-electron chi connectivity index (χ0n) is 16.7. The van der Waals surface area contributed by atoms with Crippen LogP contribution in [0.2, 0.25) is 0 Å². The Balaban J connectivity index is 1.49. The molecule has 0 unspecified atom stereocenters. The molecular weight excluding hydrogens is 404 g/mol. The first-order valence-electron chi connectivity index (χ1n) is 9.64. The molecule has 2 aromatic heterocycles. The second-order valence-electron chi connectivity index (χ2n) is 7.04. The van der Waals surface area contributed by atoms with Gasteiger partial charge in [0.05, 0.1) is 11.9 Å². The van der Waals surface area contributed by atoms with Crippen LogP contribution >= 0.6 is 0 Å². The molecule has 7 nitrogen and oxygen atoms in total. The lowest BCUT2D eigenvalue weighted by Crippen LogP contribution is -2.29. The van der Waals surface area contributed by atoms with E-state index in [4.69, 9.17) is 0 Å². The van der Waals surface area contributed by atoms with Gasteiger partial charge in [0.25, 0.3) is 5.56 Å². The third kappa shape index (κ3) is 4.35. The molecule has 31 heavy (non-hydrogen) atoms. The Labute approximate surface area is 176 Å². The summed E-state index contributed by atoms with van der Waals surface area (Å²) in [6.07, 6.45) is 1.50. The van der Waals surface area contributed by atoms with Crippen LogP contribution in [-0.4, -0.2) is 25.2 Å². The first-order chi connectivity index (χ1) is 14.9. The van der Waals surface area contributed by atoms with Crippen molar-refractivity contribution < 1.29 is 13.6 Å². The van der Waals surface area contributed by atoms with E-state index in [0.717, 1.165) is 5.56 Å². The van der Waals surface area contributed by atoms with Crippen LogP contribution in [0.5, 0.6) is 0 Å². The number of rotatable bonds is 6. The molecule has 0 atom stereocenters. The van der Waals surface area contributed by atoms with E-state index in [0.29, 0.717) is 22.5 Å². The van der Waals surface area contributed by atoms with Crippen molar-refractivity contribution in [2.75, 3.05) is 0 Å². The number of aryl methyl sites for hydroxylation is 1. The van der Waals surface area contributed by atoms with Gasteiger partial charge < -0.3 is 5.32 Å². The zero-order chi connectivity index (χ0) is 22.0. The smallest absolute Gasteiger partial charge is 0.264 e. The maximum absolute atomic E-state index is 13.2. The molecular formula is C22H19F2N5O2. The summed E-state index contributed by atoms with van der Waals surface area (Å²) < 4.78 is 29.0. The number of amides is 1. The second kappa shape index (κ2) is 8.47. The average molecular weight is 423 g/mol. The molecule has 1 amide bonds. The highest BCUT2D eigenvalue weighted by Crippen LogP contribution is 2.15. The lowest BCUT2D eigenvalue weighted by molar-refractivity contribution is -0.121. The monoisotopic (exact) mass is 423 g/mol. The van der Waals surface area contributed by atoms with Crippen LogP contribution in [0.25, 0.3) is 16.7 Å². The molecule has 0 saturated carbocycles. The fourth-order valence-electron chi connectivity index (χ4n) is 3.25. The fraction of sp³-hybridized carbons (Fsp3) is 0.182. The Kier molecular flexibility index (Phi) is 5.57. The number of carbonyl (C=O) groups is 1. The molecule has 0 saturated heterocycles. The van der Waals surface area contributed by atoms with Gasteiger partial charge in [-0.25, -0.2) is 18.4 Å². The third-order valence-electron chi connectivity index (χ3n) is 4.91. The van der Waals surface area contributed by atoms with Crippen molar-refractivity contribution in [1.82, 2.24) is 24.6 Å². The average Bonchev–Trinajstić information content (AvgIpc) is 3.17. The lowest BCUT2D eigenvalue weighted by atomic mass is 10.2. The first-order valence-corrected chi connectivity index (χ1v) is 9.64. The van der Waals surface area contributed by atoms with Crippen LogP contribution in [0.4, 0.5) is 8.78 Å². The zero-order valence-corrected chi connectivity index (χ0v) is 16.7. The molecule has 4 rings (SSSR count). The number of hydrogen-bond donors (Lipinski definition) is 1. The Morgan fingerprint density at radius 2 is 1.68 bits per heavy atom. The molecule has 0 bridgehead atoms. The van der Waals surface area contributed by atoms with Crippen LogP contribution in [-0.2, 0) is 17.9 Å². The molecule has 0 fully saturated rings. The molecule has 1 N–H and O–H groups in total. The van der Waals surface area contributed by atoms with E-state index in [2.05, 4.69) is 15.4 Å². The van der Waals surface area contributed by atoms with E-state index < -0.39 is 0 Å². The van der Waals surface area contributed by atoms with Gasteiger partial charge in [0.1, 0.15) is 22.8 Å². The molecule has 4 aromatic rings. The molecule has 0 aliphatic carbocycles. The van der Waals surface area contributed by atoms with Gasteiger partial charge in [0.2, 0.25) is 5.91 Å². The fourth-order valence-corrected chi connectivity index (χ4v) is 3.25. The number of benzene rings is 2. The molecule has 158 valence electrons. The number of carbonyl (C=O) groups excluding carboxylic acids is 1. The van der Waals surface area contributed by atoms with E-state index >= 15 is 0 Å². The van der Waals surface area contributed by atoms with Crippen molar-refractivity contribution in [3.05, 3.63) is 88.1 Å². The molecule has 2 heterocycles. The number of aromatic nitrogens is 4. The Bertz CT molecular complexity index is 1290. The summed E-state index contributed by atoms with van der Waals surface area (Å²) in [7, 11) is 0. The molecule has 2 aromatic carbocycles. The normalized spacial score (nSPS) is 11.1. The van der Waals surface area contributed by atoms with Gasteiger partial charge in [-0.2, -0.15) is 5.10 Å². The van der Waals surface area contributed by atoms with Crippen LogP contribution in [0.3, 0.4) is 0 Å². The van der Waals surface area contributed by atoms with Crippen LogP contribution in [0, 0.1) is 18.6 Å². The van der Waals surface area contributed by atoms with E-state index in [1.807, 2.05) is 0 Å². The van der Waals surface area contributed by atoms with Crippen molar-refractivity contribution in [1.29, 1.82) is 0 Å². The van der Waals surface area contributed by atoms with E-state index in [-0.39, 0.29) is 42.6 Å². The summed E-state index contributed by atoms with van der Waals surface area (Å²) in [5.74, 6) is -0.509. The number of fused-ring (bicyclic) bond motifs is 1. The minimum atomic E-state index is -0.371. The predicted molar refractivity (Wildman–Crippen MR) is 111 cm³/mol. The van der Waals surface area contributed by atoms with Crippen LogP contribution in [0.15, 0.2) is 59.5 Å². The van der Waals surface area contributed by atoms with Gasteiger partial charge >= 0.3 is 0 Å². The molecule has 0 radical (unpaired) electrons. The van der Waals surface area contributed by atoms with E-state index in [9.17, 15) is 18.4 Å². The van der Waals surface area contributed by atoms with Gasteiger partial charge in [-0.3, -0.25) is 14.2 Å². The summed E-state index contributed by atoms with van der Waals surface area (Å²) >= 11 is 0. The molecule has 9 heteroatoms.